The van der Waals surface area contributed by atoms with Gasteiger partial charge in [-0.25, -0.2) is 4.79 Å². The summed E-state index contributed by atoms with van der Waals surface area (Å²) in [6, 6.07) is 6.13. The highest BCUT2D eigenvalue weighted by atomic mass is 16.5. The number of carbonyl (C=O) groups is 1. The molecule has 0 bridgehead atoms. The molecule has 1 aromatic carbocycles. The van der Waals surface area contributed by atoms with Crippen LogP contribution in [0.1, 0.15) is 10.4 Å². The smallest absolute Gasteiger partial charge is 0.339 e. The van der Waals surface area contributed by atoms with E-state index in [2.05, 4.69) is 0 Å². The molecule has 5 nitrogen and oxygen atoms in total. The maximum Gasteiger partial charge on any atom is 0.339 e. The van der Waals surface area contributed by atoms with Crippen molar-refractivity contribution in [2.24, 2.45) is 0 Å². The average molecular weight is 207 g/mol. The van der Waals surface area contributed by atoms with E-state index >= 15 is 0 Å². The number of carboxylic acid groups (broad SMARTS) is 1. The van der Waals surface area contributed by atoms with Crippen LogP contribution in [-0.4, -0.2) is 24.8 Å². The summed E-state index contributed by atoms with van der Waals surface area (Å²) in [5.41, 5.74) is -0.0235. The SMILES string of the molecule is COc1ccc(OCC#N)c(C(=O)O)c1. The molecule has 0 aliphatic rings. The van der Waals surface area contributed by atoms with E-state index < -0.39 is 5.97 Å². The molecule has 78 valence electrons. The van der Waals surface area contributed by atoms with Gasteiger partial charge in [-0.3, -0.25) is 0 Å². The first kappa shape index (κ1) is 10.9. The number of methoxy groups -OCH3 is 1. The largest absolute Gasteiger partial charge is 0.497 e. The molecule has 0 unspecified atom stereocenters. The molecule has 0 fully saturated rings. The lowest BCUT2D eigenvalue weighted by molar-refractivity contribution is 0.0692. The second-order valence-electron chi connectivity index (χ2n) is 2.61. The zero-order valence-electron chi connectivity index (χ0n) is 8.06. The molecule has 5 heteroatoms. The van der Waals surface area contributed by atoms with Crippen molar-refractivity contribution < 1.29 is 19.4 Å². The second-order valence-corrected chi connectivity index (χ2v) is 2.61. The molecular weight excluding hydrogens is 198 g/mol. The number of hydrogen-bond acceptors (Lipinski definition) is 4. The first-order chi connectivity index (χ1) is 7.19. The zero-order chi connectivity index (χ0) is 11.3. The van der Waals surface area contributed by atoms with Gasteiger partial charge < -0.3 is 14.6 Å². The average Bonchev–Trinajstić information content (AvgIpc) is 2.26. The first-order valence-electron chi connectivity index (χ1n) is 4.10. The Bertz CT molecular complexity index is 408. The molecule has 1 rings (SSSR count). The number of aromatic carboxylic acids is 1. The lowest BCUT2D eigenvalue weighted by atomic mass is 10.2. The Morgan fingerprint density at radius 2 is 2.33 bits per heavy atom. The molecule has 0 aromatic heterocycles. The van der Waals surface area contributed by atoms with E-state index in [0.29, 0.717) is 5.75 Å². The van der Waals surface area contributed by atoms with Crippen LogP contribution in [0.2, 0.25) is 0 Å². The van der Waals surface area contributed by atoms with E-state index in [4.69, 9.17) is 19.8 Å². The predicted molar refractivity (Wildman–Crippen MR) is 51.1 cm³/mol. The van der Waals surface area contributed by atoms with Crippen LogP contribution in [0.3, 0.4) is 0 Å². The molecule has 0 aliphatic carbocycles. The summed E-state index contributed by atoms with van der Waals surface area (Å²) in [6.07, 6.45) is 0. The van der Waals surface area contributed by atoms with Crippen LogP contribution >= 0.6 is 0 Å². The Balaban J connectivity index is 3.05. The molecule has 0 saturated carbocycles. The monoisotopic (exact) mass is 207 g/mol. The Morgan fingerprint density at radius 3 is 2.87 bits per heavy atom. The van der Waals surface area contributed by atoms with Crippen molar-refractivity contribution in [1.29, 1.82) is 5.26 Å². The van der Waals surface area contributed by atoms with Crippen LogP contribution in [-0.2, 0) is 0 Å². The van der Waals surface area contributed by atoms with Gasteiger partial charge in [0.1, 0.15) is 23.1 Å². The van der Waals surface area contributed by atoms with Crippen LogP contribution in [0.15, 0.2) is 18.2 Å². The Morgan fingerprint density at radius 1 is 1.60 bits per heavy atom. The molecule has 1 aromatic rings. The lowest BCUT2D eigenvalue weighted by Gasteiger charge is -2.07. The van der Waals surface area contributed by atoms with Gasteiger partial charge in [-0.1, -0.05) is 0 Å². The molecule has 0 atom stereocenters. The quantitative estimate of drug-likeness (QED) is 0.804. The molecule has 0 aliphatic heterocycles. The molecule has 0 amide bonds. The van der Waals surface area contributed by atoms with E-state index in [0.717, 1.165) is 0 Å². The van der Waals surface area contributed by atoms with Crippen LogP contribution in [0.4, 0.5) is 0 Å². The van der Waals surface area contributed by atoms with Crippen LogP contribution in [0.5, 0.6) is 11.5 Å². The zero-order valence-corrected chi connectivity index (χ0v) is 8.06. The molecule has 0 radical (unpaired) electrons. The summed E-state index contributed by atoms with van der Waals surface area (Å²) in [7, 11) is 1.44. The van der Waals surface area contributed by atoms with E-state index in [1.807, 2.05) is 0 Å². The minimum atomic E-state index is -1.12. The van der Waals surface area contributed by atoms with Gasteiger partial charge in [0.05, 0.1) is 7.11 Å². The standard InChI is InChI=1S/C10H9NO4/c1-14-7-2-3-9(15-5-4-11)8(6-7)10(12)13/h2-3,6H,5H2,1H3,(H,12,13). The van der Waals surface area contributed by atoms with Crippen LogP contribution in [0.25, 0.3) is 0 Å². The fraction of sp³-hybridized carbons (Fsp3) is 0.200. The van der Waals surface area contributed by atoms with Gasteiger partial charge in [0, 0.05) is 0 Å². The number of benzene rings is 1. The third-order valence-corrected chi connectivity index (χ3v) is 1.71. The van der Waals surface area contributed by atoms with Gasteiger partial charge in [-0.2, -0.15) is 5.26 Å². The number of ether oxygens (including phenoxy) is 2. The fourth-order valence-corrected chi connectivity index (χ4v) is 1.04. The highest BCUT2D eigenvalue weighted by molar-refractivity contribution is 5.91. The summed E-state index contributed by atoms with van der Waals surface area (Å²) >= 11 is 0. The molecule has 15 heavy (non-hydrogen) atoms. The lowest BCUT2D eigenvalue weighted by Crippen LogP contribution is -2.03. The molecule has 0 saturated heterocycles. The molecular formula is C10H9NO4. The number of carboxylic acids is 1. The van der Waals surface area contributed by atoms with Gasteiger partial charge >= 0.3 is 5.97 Å². The summed E-state index contributed by atoms with van der Waals surface area (Å²) in [5.74, 6) is -0.539. The number of nitrogens with zero attached hydrogens (tertiary/aromatic N) is 1. The molecule has 0 spiro atoms. The van der Waals surface area contributed by atoms with Gasteiger partial charge in [-0.05, 0) is 18.2 Å². The first-order valence-corrected chi connectivity index (χ1v) is 4.10. The normalized spacial score (nSPS) is 9.07. The third kappa shape index (κ3) is 2.61. The number of hydrogen-bond donors (Lipinski definition) is 1. The van der Waals surface area contributed by atoms with E-state index in [-0.39, 0.29) is 17.9 Å². The summed E-state index contributed by atoms with van der Waals surface area (Å²) in [6.45, 7) is -0.188. The highest BCUT2D eigenvalue weighted by Gasteiger charge is 2.12. The summed E-state index contributed by atoms with van der Waals surface area (Å²) in [5, 5.41) is 17.2. The van der Waals surface area contributed by atoms with Gasteiger partial charge in [0.2, 0.25) is 0 Å². The summed E-state index contributed by atoms with van der Waals surface area (Å²) < 4.78 is 9.83. The van der Waals surface area contributed by atoms with Gasteiger partial charge in [0.25, 0.3) is 0 Å². The minimum Gasteiger partial charge on any atom is -0.497 e. The second kappa shape index (κ2) is 4.86. The van der Waals surface area contributed by atoms with E-state index in [9.17, 15) is 4.79 Å². The van der Waals surface area contributed by atoms with Crippen molar-refractivity contribution in [3.8, 4) is 17.6 Å². The Labute approximate surface area is 86.5 Å². The number of nitriles is 1. The van der Waals surface area contributed by atoms with Crippen molar-refractivity contribution in [2.45, 2.75) is 0 Å². The maximum atomic E-state index is 10.8. The van der Waals surface area contributed by atoms with E-state index in [1.54, 1.807) is 12.1 Å². The maximum absolute atomic E-state index is 10.8. The minimum absolute atomic E-state index is 0.0235. The highest BCUT2D eigenvalue weighted by Crippen LogP contribution is 2.23. The number of rotatable bonds is 4. The van der Waals surface area contributed by atoms with E-state index in [1.165, 1.54) is 19.2 Å². The van der Waals surface area contributed by atoms with Crippen LogP contribution in [0, 0.1) is 11.3 Å². The van der Waals surface area contributed by atoms with Crippen LogP contribution < -0.4 is 9.47 Å². The van der Waals surface area contributed by atoms with Crippen molar-refractivity contribution in [1.82, 2.24) is 0 Å². The molecule has 1 N–H and O–H groups in total. The van der Waals surface area contributed by atoms with Gasteiger partial charge in [0.15, 0.2) is 6.61 Å². The Kier molecular flexibility index (Phi) is 3.52. The Hall–Kier alpha value is -2.22. The van der Waals surface area contributed by atoms with Crippen molar-refractivity contribution in [2.75, 3.05) is 13.7 Å². The van der Waals surface area contributed by atoms with Crippen molar-refractivity contribution in [3.63, 3.8) is 0 Å². The van der Waals surface area contributed by atoms with Crippen molar-refractivity contribution in [3.05, 3.63) is 23.8 Å². The summed E-state index contributed by atoms with van der Waals surface area (Å²) in [4.78, 5) is 10.8. The predicted octanol–water partition coefficient (Wildman–Crippen LogP) is 1.30. The van der Waals surface area contributed by atoms with Crippen molar-refractivity contribution >= 4 is 5.97 Å². The van der Waals surface area contributed by atoms with Gasteiger partial charge in [-0.15, -0.1) is 0 Å². The third-order valence-electron chi connectivity index (χ3n) is 1.71. The fourth-order valence-electron chi connectivity index (χ4n) is 1.04. The molecule has 0 heterocycles. The topological polar surface area (TPSA) is 79.5 Å².